The molecule has 2 rings (SSSR count). The summed E-state index contributed by atoms with van der Waals surface area (Å²) in [4.78, 5) is 0. The van der Waals surface area contributed by atoms with E-state index in [1.165, 1.54) is 11.1 Å². The summed E-state index contributed by atoms with van der Waals surface area (Å²) in [5, 5.41) is 7.31. The predicted octanol–water partition coefficient (Wildman–Crippen LogP) is 3.44. The summed E-state index contributed by atoms with van der Waals surface area (Å²) < 4.78 is 0. The highest BCUT2D eigenvalue weighted by Crippen LogP contribution is 2.35. The van der Waals surface area contributed by atoms with Gasteiger partial charge in [-0.3, -0.25) is 0 Å². The zero-order valence-electron chi connectivity index (χ0n) is 13.9. The third-order valence-corrected chi connectivity index (χ3v) is 4.07. The summed E-state index contributed by atoms with van der Waals surface area (Å²) in [5.74, 6) is 1.37. The molecular weight excluding hydrogens is 256 g/mol. The normalized spacial score (nSPS) is 15.9. The van der Waals surface area contributed by atoms with E-state index < -0.39 is 0 Å². The van der Waals surface area contributed by atoms with Crippen molar-refractivity contribution < 1.29 is 0 Å². The zero-order valence-corrected chi connectivity index (χ0v) is 13.9. The number of nitrogens with one attached hydrogen (secondary N) is 2. The fourth-order valence-electron chi connectivity index (χ4n) is 2.97. The van der Waals surface area contributed by atoms with E-state index in [1.54, 1.807) is 0 Å². The minimum atomic E-state index is 0.0976. The summed E-state index contributed by atoms with van der Waals surface area (Å²) >= 11 is 0. The Hall–Kier alpha value is -1.12. The maximum absolute atomic E-state index is 3.66. The van der Waals surface area contributed by atoms with Gasteiger partial charge in [-0.1, -0.05) is 64.1 Å². The molecule has 0 aromatic heterocycles. The second-order valence-corrected chi connectivity index (χ2v) is 7.13. The van der Waals surface area contributed by atoms with E-state index in [9.17, 15) is 0 Å². The molecule has 2 nitrogen and oxygen atoms in total. The quantitative estimate of drug-likeness (QED) is 0.765. The van der Waals surface area contributed by atoms with E-state index in [0.717, 1.165) is 26.2 Å². The first-order valence-corrected chi connectivity index (χ1v) is 8.24. The van der Waals surface area contributed by atoms with Crippen LogP contribution in [0.15, 0.2) is 30.3 Å². The molecule has 0 aliphatic heterocycles. The van der Waals surface area contributed by atoms with Gasteiger partial charge < -0.3 is 10.6 Å². The van der Waals surface area contributed by atoms with E-state index in [4.69, 9.17) is 0 Å². The third kappa shape index (κ3) is 4.18. The Morgan fingerprint density at radius 2 is 1.48 bits per heavy atom. The molecule has 0 saturated carbocycles. The molecule has 0 unspecified atom stereocenters. The average molecular weight is 286 g/mol. The van der Waals surface area contributed by atoms with Crippen molar-refractivity contribution in [2.24, 2.45) is 11.8 Å². The van der Waals surface area contributed by atoms with E-state index in [2.05, 4.69) is 74.7 Å². The molecule has 1 aromatic rings. The Balaban J connectivity index is 2.10. The van der Waals surface area contributed by atoms with Crippen molar-refractivity contribution in [1.82, 2.24) is 10.6 Å². The summed E-state index contributed by atoms with van der Waals surface area (Å²) in [5.41, 5.74) is 2.92. The molecule has 0 heterocycles. The van der Waals surface area contributed by atoms with Crippen LogP contribution in [0, 0.1) is 11.8 Å². The van der Waals surface area contributed by atoms with Crippen LogP contribution in [0.25, 0.3) is 6.08 Å². The van der Waals surface area contributed by atoms with Gasteiger partial charge in [-0.2, -0.15) is 0 Å². The van der Waals surface area contributed by atoms with Gasteiger partial charge in [-0.25, -0.2) is 0 Å². The maximum Gasteiger partial charge on any atom is 0.0390 e. The van der Waals surface area contributed by atoms with Gasteiger partial charge in [0.2, 0.25) is 0 Å². The molecule has 0 amide bonds. The molecule has 0 atom stereocenters. The van der Waals surface area contributed by atoms with Crippen LogP contribution in [-0.2, 0) is 5.41 Å². The molecule has 1 aromatic carbocycles. The van der Waals surface area contributed by atoms with Crippen molar-refractivity contribution in [2.45, 2.75) is 33.1 Å². The van der Waals surface area contributed by atoms with Crippen LogP contribution >= 0.6 is 0 Å². The van der Waals surface area contributed by atoms with Crippen molar-refractivity contribution >= 4 is 6.08 Å². The fraction of sp³-hybridized carbons (Fsp3) is 0.579. The minimum Gasteiger partial charge on any atom is -0.315 e. The van der Waals surface area contributed by atoms with Gasteiger partial charge >= 0.3 is 0 Å². The summed E-state index contributed by atoms with van der Waals surface area (Å²) in [6.45, 7) is 13.2. The lowest BCUT2D eigenvalue weighted by Gasteiger charge is -2.31. The van der Waals surface area contributed by atoms with Crippen LogP contribution in [0.1, 0.15) is 38.8 Å². The molecule has 21 heavy (non-hydrogen) atoms. The summed E-state index contributed by atoms with van der Waals surface area (Å²) in [6, 6.07) is 8.79. The highest BCUT2D eigenvalue weighted by molar-refractivity contribution is 5.65. The van der Waals surface area contributed by atoms with E-state index >= 15 is 0 Å². The third-order valence-electron chi connectivity index (χ3n) is 4.07. The highest BCUT2D eigenvalue weighted by Gasteiger charge is 2.34. The van der Waals surface area contributed by atoms with Crippen molar-refractivity contribution in [3.8, 4) is 0 Å². The van der Waals surface area contributed by atoms with Crippen LogP contribution in [0.2, 0.25) is 0 Å². The van der Waals surface area contributed by atoms with Crippen molar-refractivity contribution in [2.75, 3.05) is 26.2 Å². The van der Waals surface area contributed by atoms with E-state index in [0.29, 0.717) is 11.8 Å². The standard InChI is InChI=1S/C19H30N2/c1-15(2)11-20-13-19(14-21-12-16(3)4)10-9-17-7-5-6-8-18(17)19/h5-10,15-16,20-21H,11-14H2,1-4H3. The zero-order chi connectivity index (χ0) is 15.3. The van der Waals surface area contributed by atoms with Gasteiger partial charge in [0, 0.05) is 18.5 Å². The average Bonchev–Trinajstić information content (AvgIpc) is 2.78. The SMILES string of the molecule is CC(C)CNCC1(CNCC(C)C)C=Cc2ccccc21. The first-order valence-electron chi connectivity index (χ1n) is 8.24. The molecular formula is C19H30N2. The van der Waals surface area contributed by atoms with Gasteiger partial charge in [-0.15, -0.1) is 0 Å². The molecule has 0 radical (unpaired) electrons. The fourth-order valence-corrected chi connectivity index (χ4v) is 2.97. The molecule has 0 bridgehead atoms. The largest absolute Gasteiger partial charge is 0.315 e. The number of benzene rings is 1. The lowest BCUT2D eigenvalue weighted by atomic mass is 9.82. The smallest absolute Gasteiger partial charge is 0.0390 e. The van der Waals surface area contributed by atoms with E-state index in [1.807, 2.05) is 0 Å². The lowest BCUT2D eigenvalue weighted by Crippen LogP contribution is -2.45. The number of rotatable bonds is 8. The van der Waals surface area contributed by atoms with Gasteiger partial charge in [0.1, 0.15) is 0 Å². The van der Waals surface area contributed by atoms with Gasteiger partial charge in [0.15, 0.2) is 0 Å². The first kappa shape index (κ1) is 16.3. The predicted molar refractivity (Wildman–Crippen MR) is 92.6 cm³/mol. The topological polar surface area (TPSA) is 24.1 Å². The van der Waals surface area contributed by atoms with Crippen LogP contribution in [0.3, 0.4) is 0 Å². The minimum absolute atomic E-state index is 0.0976. The second kappa shape index (κ2) is 7.24. The Labute approximate surface area is 130 Å². The van der Waals surface area contributed by atoms with Crippen molar-refractivity contribution in [3.63, 3.8) is 0 Å². The lowest BCUT2D eigenvalue weighted by molar-refractivity contribution is 0.416. The molecule has 2 heteroatoms. The monoisotopic (exact) mass is 286 g/mol. The molecule has 0 saturated heterocycles. The molecule has 116 valence electrons. The summed E-state index contributed by atoms with van der Waals surface area (Å²) in [7, 11) is 0. The Kier molecular flexibility index (Phi) is 5.60. The second-order valence-electron chi connectivity index (χ2n) is 7.13. The number of hydrogen-bond acceptors (Lipinski definition) is 2. The van der Waals surface area contributed by atoms with Crippen molar-refractivity contribution in [3.05, 3.63) is 41.5 Å². The first-order chi connectivity index (χ1) is 10.0. The summed E-state index contributed by atoms with van der Waals surface area (Å²) in [6.07, 6.45) is 4.67. The van der Waals surface area contributed by atoms with E-state index in [-0.39, 0.29) is 5.41 Å². The van der Waals surface area contributed by atoms with Gasteiger partial charge in [-0.05, 0) is 36.1 Å². The number of hydrogen-bond donors (Lipinski definition) is 2. The highest BCUT2D eigenvalue weighted by atomic mass is 14.9. The van der Waals surface area contributed by atoms with Gasteiger partial charge in [0.05, 0.1) is 0 Å². The van der Waals surface area contributed by atoms with Crippen LogP contribution in [0.5, 0.6) is 0 Å². The number of fused-ring (bicyclic) bond motifs is 1. The van der Waals surface area contributed by atoms with Crippen LogP contribution < -0.4 is 10.6 Å². The molecule has 0 fully saturated rings. The van der Waals surface area contributed by atoms with Crippen molar-refractivity contribution in [1.29, 1.82) is 0 Å². The molecule has 0 spiro atoms. The van der Waals surface area contributed by atoms with Crippen LogP contribution in [0.4, 0.5) is 0 Å². The maximum atomic E-state index is 3.66. The Morgan fingerprint density at radius 3 is 2.05 bits per heavy atom. The molecule has 1 aliphatic carbocycles. The molecule has 2 N–H and O–H groups in total. The molecule has 1 aliphatic rings. The Morgan fingerprint density at radius 1 is 0.905 bits per heavy atom. The van der Waals surface area contributed by atoms with Gasteiger partial charge in [0.25, 0.3) is 0 Å². The Bertz CT molecular complexity index is 460. The van der Waals surface area contributed by atoms with Crippen LogP contribution in [-0.4, -0.2) is 26.2 Å².